The van der Waals surface area contributed by atoms with Gasteiger partial charge >= 0.3 is 6.18 Å². The molecule has 0 aromatic carbocycles. The summed E-state index contributed by atoms with van der Waals surface area (Å²) in [6.45, 7) is 3.43. The predicted octanol–water partition coefficient (Wildman–Crippen LogP) is 3.00. The van der Waals surface area contributed by atoms with Crippen LogP contribution in [0.1, 0.15) is 26.7 Å². The van der Waals surface area contributed by atoms with Gasteiger partial charge in [-0.3, -0.25) is 4.79 Å². The molecule has 14 heavy (non-hydrogen) atoms. The third kappa shape index (κ3) is 3.81. The number of allylic oxidation sites excluding steroid dienone is 2. The maximum atomic E-state index is 11.8. The molecule has 0 amide bonds. The van der Waals surface area contributed by atoms with Crippen molar-refractivity contribution in [2.45, 2.75) is 32.9 Å². The number of alkyl halides is 3. The molecular formula is C9H13F3O2. The zero-order chi connectivity index (χ0) is 11.4. The summed E-state index contributed by atoms with van der Waals surface area (Å²) in [6.07, 6.45) is -3.63. The molecule has 0 heterocycles. The molecule has 0 radical (unpaired) electrons. The maximum absolute atomic E-state index is 11.8. The first kappa shape index (κ1) is 13.0. The summed E-state index contributed by atoms with van der Waals surface area (Å²) < 4.78 is 35.4. The number of aliphatic hydroxyl groups excluding tert-OH is 1. The van der Waals surface area contributed by atoms with Crippen molar-refractivity contribution in [1.29, 1.82) is 0 Å². The van der Waals surface area contributed by atoms with Crippen LogP contribution in [0.5, 0.6) is 0 Å². The molecule has 0 aromatic rings. The van der Waals surface area contributed by atoms with Crippen LogP contribution in [-0.2, 0) is 4.79 Å². The molecule has 0 saturated heterocycles. The van der Waals surface area contributed by atoms with Crippen molar-refractivity contribution in [2.24, 2.45) is 5.92 Å². The van der Waals surface area contributed by atoms with Gasteiger partial charge in [0.15, 0.2) is 5.78 Å². The van der Waals surface area contributed by atoms with E-state index < -0.39 is 23.6 Å². The minimum absolute atomic E-state index is 0.262. The van der Waals surface area contributed by atoms with Gasteiger partial charge in [0.25, 0.3) is 0 Å². The van der Waals surface area contributed by atoms with Gasteiger partial charge in [-0.2, -0.15) is 13.2 Å². The normalized spacial score (nSPS) is 13.4. The Labute approximate surface area is 80.4 Å². The van der Waals surface area contributed by atoms with Gasteiger partial charge in [0.2, 0.25) is 5.76 Å². The van der Waals surface area contributed by atoms with Gasteiger partial charge in [0.1, 0.15) is 0 Å². The number of aliphatic hydroxyl groups is 1. The van der Waals surface area contributed by atoms with E-state index in [4.69, 9.17) is 5.11 Å². The largest absolute Gasteiger partial charge is 0.504 e. The average molecular weight is 210 g/mol. The maximum Gasteiger partial charge on any atom is 0.448 e. The first-order valence-corrected chi connectivity index (χ1v) is 4.34. The molecule has 2 nitrogen and oxygen atoms in total. The minimum Gasteiger partial charge on any atom is -0.504 e. The standard InChI is InChI=1S/C9H13F3O2/c1-3-6(4-2)7(13)5-8(14)9(10,11)12/h5-6,14H,3-4H2,1-2H3/b8-5-. The van der Waals surface area contributed by atoms with E-state index in [2.05, 4.69) is 0 Å². The lowest BCUT2D eigenvalue weighted by atomic mass is 9.98. The highest BCUT2D eigenvalue weighted by atomic mass is 19.4. The van der Waals surface area contributed by atoms with Crippen molar-refractivity contribution in [3.8, 4) is 0 Å². The Kier molecular flexibility index (Phi) is 4.67. The number of hydrogen-bond acceptors (Lipinski definition) is 2. The molecule has 0 saturated carbocycles. The fraction of sp³-hybridized carbons (Fsp3) is 0.667. The average Bonchev–Trinajstić information content (AvgIpc) is 2.04. The monoisotopic (exact) mass is 210 g/mol. The summed E-state index contributed by atoms with van der Waals surface area (Å²) in [4.78, 5) is 11.1. The second-order valence-electron chi connectivity index (χ2n) is 2.94. The molecule has 82 valence electrons. The van der Waals surface area contributed by atoms with E-state index in [1.165, 1.54) is 0 Å². The van der Waals surface area contributed by atoms with Gasteiger partial charge in [0, 0.05) is 12.0 Å². The smallest absolute Gasteiger partial charge is 0.448 e. The van der Waals surface area contributed by atoms with Gasteiger partial charge in [-0.05, 0) is 12.8 Å². The number of carbonyl (C=O) groups is 1. The van der Waals surface area contributed by atoms with Crippen molar-refractivity contribution in [1.82, 2.24) is 0 Å². The Morgan fingerprint density at radius 3 is 2.07 bits per heavy atom. The van der Waals surface area contributed by atoms with Gasteiger partial charge in [0.05, 0.1) is 0 Å². The number of hydrogen-bond donors (Lipinski definition) is 1. The molecule has 0 aromatic heterocycles. The van der Waals surface area contributed by atoms with Crippen molar-refractivity contribution >= 4 is 5.78 Å². The quantitative estimate of drug-likeness (QED) is 0.572. The summed E-state index contributed by atoms with van der Waals surface area (Å²) in [5.41, 5.74) is 0. The summed E-state index contributed by atoms with van der Waals surface area (Å²) in [7, 11) is 0. The summed E-state index contributed by atoms with van der Waals surface area (Å²) in [5, 5.41) is 8.51. The zero-order valence-corrected chi connectivity index (χ0v) is 8.06. The number of halogens is 3. The van der Waals surface area contributed by atoms with Crippen LogP contribution in [-0.4, -0.2) is 17.1 Å². The van der Waals surface area contributed by atoms with E-state index in [-0.39, 0.29) is 6.08 Å². The molecule has 0 bridgehead atoms. The van der Waals surface area contributed by atoms with Crippen LogP contribution in [0.4, 0.5) is 13.2 Å². The van der Waals surface area contributed by atoms with E-state index in [0.717, 1.165) is 0 Å². The molecule has 5 heteroatoms. The van der Waals surface area contributed by atoms with E-state index in [0.29, 0.717) is 12.8 Å². The minimum atomic E-state index is -4.83. The second kappa shape index (κ2) is 5.02. The molecule has 0 aliphatic heterocycles. The summed E-state index contributed by atoms with van der Waals surface area (Å²) >= 11 is 0. The molecule has 0 unspecified atom stereocenters. The lowest BCUT2D eigenvalue weighted by Crippen LogP contribution is -2.16. The van der Waals surface area contributed by atoms with Crippen molar-refractivity contribution < 1.29 is 23.1 Å². The fourth-order valence-electron chi connectivity index (χ4n) is 1.03. The second-order valence-corrected chi connectivity index (χ2v) is 2.94. The van der Waals surface area contributed by atoms with Crippen LogP contribution in [0.2, 0.25) is 0 Å². The van der Waals surface area contributed by atoms with Crippen LogP contribution in [0, 0.1) is 5.92 Å². The number of carbonyl (C=O) groups excluding carboxylic acids is 1. The first-order chi connectivity index (χ1) is 6.32. The molecule has 0 rings (SSSR count). The lowest BCUT2D eigenvalue weighted by molar-refractivity contribution is -0.127. The van der Waals surface area contributed by atoms with Gasteiger partial charge in [-0.1, -0.05) is 13.8 Å². The third-order valence-corrected chi connectivity index (χ3v) is 1.96. The molecule has 0 fully saturated rings. The van der Waals surface area contributed by atoms with Crippen LogP contribution in [0.15, 0.2) is 11.8 Å². The predicted molar refractivity (Wildman–Crippen MR) is 45.8 cm³/mol. The third-order valence-electron chi connectivity index (χ3n) is 1.96. The highest BCUT2D eigenvalue weighted by Crippen LogP contribution is 2.24. The molecule has 0 spiro atoms. The fourth-order valence-corrected chi connectivity index (χ4v) is 1.03. The Bertz CT molecular complexity index is 227. The Balaban J connectivity index is 4.58. The SMILES string of the molecule is CCC(CC)C(=O)/C=C(\O)C(F)(F)F. The van der Waals surface area contributed by atoms with E-state index in [1.54, 1.807) is 13.8 Å². The summed E-state index contributed by atoms with van der Waals surface area (Å²) in [5.74, 6) is -2.95. The number of ketones is 1. The van der Waals surface area contributed by atoms with Crippen molar-refractivity contribution in [3.05, 3.63) is 11.8 Å². The van der Waals surface area contributed by atoms with Gasteiger partial charge in [-0.25, -0.2) is 0 Å². The lowest BCUT2D eigenvalue weighted by Gasteiger charge is -2.09. The van der Waals surface area contributed by atoms with Crippen LogP contribution < -0.4 is 0 Å². The Morgan fingerprint density at radius 2 is 1.79 bits per heavy atom. The highest BCUT2D eigenvalue weighted by Gasteiger charge is 2.34. The molecule has 1 N–H and O–H groups in total. The molecule has 0 aliphatic rings. The first-order valence-electron chi connectivity index (χ1n) is 4.34. The van der Waals surface area contributed by atoms with E-state index in [9.17, 15) is 18.0 Å². The van der Waals surface area contributed by atoms with E-state index in [1.807, 2.05) is 0 Å². The zero-order valence-electron chi connectivity index (χ0n) is 8.06. The Hall–Kier alpha value is -1.00. The molecular weight excluding hydrogens is 197 g/mol. The molecule has 0 atom stereocenters. The number of rotatable bonds is 4. The van der Waals surface area contributed by atoms with Crippen LogP contribution in [0.25, 0.3) is 0 Å². The molecule has 0 aliphatic carbocycles. The Morgan fingerprint density at radius 1 is 1.36 bits per heavy atom. The van der Waals surface area contributed by atoms with Crippen molar-refractivity contribution in [3.63, 3.8) is 0 Å². The topological polar surface area (TPSA) is 37.3 Å². The van der Waals surface area contributed by atoms with Gasteiger partial charge < -0.3 is 5.11 Å². The van der Waals surface area contributed by atoms with Crippen molar-refractivity contribution in [2.75, 3.05) is 0 Å². The van der Waals surface area contributed by atoms with Crippen LogP contribution >= 0.6 is 0 Å². The van der Waals surface area contributed by atoms with E-state index >= 15 is 0 Å². The highest BCUT2D eigenvalue weighted by molar-refractivity contribution is 5.92. The van der Waals surface area contributed by atoms with Gasteiger partial charge in [-0.15, -0.1) is 0 Å². The van der Waals surface area contributed by atoms with Crippen LogP contribution in [0.3, 0.4) is 0 Å². The summed E-state index contributed by atoms with van der Waals surface area (Å²) in [6, 6.07) is 0.